The molecule has 0 saturated heterocycles. The molecular weight excluding hydrogens is 300 g/mol. The molecule has 4 heteroatoms. The molecule has 1 aliphatic heterocycles. The van der Waals surface area contributed by atoms with Crippen LogP contribution in [-0.2, 0) is 0 Å². The third-order valence-corrected chi connectivity index (χ3v) is 4.47. The molecule has 3 rings (SSSR count). The van der Waals surface area contributed by atoms with Gasteiger partial charge in [-0.25, -0.2) is 4.99 Å². The second kappa shape index (κ2) is 6.04. The molecule has 0 aromatic heterocycles. The summed E-state index contributed by atoms with van der Waals surface area (Å²) in [4.78, 5) is 9.65. The summed E-state index contributed by atoms with van der Waals surface area (Å²) in [6.45, 7) is 2.08. The Morgan fingerprint density at radius 2 is 1.86 bits per heavy atom. The van der Waals surface area contributed by atoms with Crippen molar-refractivity contribution in [3.05, 3.63) is 64.7 Å². The molecule has 0 saturated carbocycles. The van der Waals surface area contributed by atoms with Crippen LogP contribution in [0.3, 0.4) is 0 Å². The van der Waals surface area contributed by atoms with E-state index in [1.54, 1.807) is 11.8 Å². The number of thioether (sulfide) groups is 1. The smallest absolute Gasteiger partial charge is 0.0979 e. The molecule has 2 nitrogen and oxygen atoms in total. The Labute approximate surface area is 134 Å². The quantitative estimate of drug-likeness (QED) is 0.729. The number of fused-ring (bicyclic) bond motifs is 1. The standard InChI is InChI=1S/C17H15ClN2S/c1-11-17(21-2)20-15-9-8-13(18)10-14(15)16(19-11)12-6-4-3-5-7-12/h3-11H,1-2H3. The van der Waals surface area contributed by atoms with Gasteiger partial charge in [-0.1, -0.05) is 41.9 Å². The fourth-order valence-electron chi connectivity index (χ4n) is 2.37. The van der Waals surface area contributed by atoms with E-state index in [0.29, 0.717) is 5.02 Å². The summed E-state index contributed by atoms with van der Waals surface area (Å²) in [7, 11) is 0. The van der Waals surface area contributed by atoms with Crippen LogP contribution in [0.25, 0.3) is 0 Å². The highest BCUT2D eigenvalue weighted by Gasteiger charge is 2.20. The Balaban J connectivity index is 2.24. The fraction of sp³-hybridized carbons (Fsp3) is 0.176. The van der Waals surface area contributed by atoms with Crippen LogP contribution in [0.1, 0.15) is 18.1 Å². The minimum atomic E-state index is 0.0429. The van der Waals surface area contributed by atoms with Crippen LogP contribution in [-0.4, -0.2) is 23.1 Å². The summed E-state index contributed by atoms with van der Waals surface area (Å²) in [6.07, 6.45) is 2.04. The van der Waals surface area contributed by atoms with Gasteiger partial charge in [-0.3, -0.25) is 4.99 Å². The zero-order valence-corrected chi connectivity index (χ0v) is 13.4. The Bertz CT molecular complexity index is 723. The normalized spacial score (nSPS) is 17.6. The first-order valence-corrected chi connectivity index (χ1v) is 8.35. The van der Waals surface area contributed by atoms with E-state index in [2.05, 4.69) is 19.1 Å². The summed E-state index contributed by atoms with van der Waals surface area (Å²) < 4.78 is 0. The lowest BCUT2D eigenvalue weighted by atomic mass is 10.0. The van der Waals surface area contributed by atoms with Gasteiger partial charge >= 0.3 is 0 Å². The van der Waals surface area contributed by atoms with Crippen LogP contribution < -0.4 is 0 Å². The molecule has 0 radical (unpaired) electrons. The Kier molecular flexibility index (Phi) is 4.13. The van der Waals surface area contributed by atoms with E-state index in [9.17, 15) is 0 Å². The predicted molar refractivity (Wildman–Crippen MR) is 93.6 cm³/mol. The van der Waals surface area contributed by atoms with Crippen molar-refractivity contribution in [2.24, 2.45) is 9.98 Å². The Morgan fingerprint density at radius 1 is 1.10 bits per heavy atom. The number of rotatable bonds is 1. The molecular formula is C17H15ClN2S. The van der Waals surface area contributed by atoms with Gasteiger partial charge < -0.3 is 0 Å². The van der Waals surface area contributed by atoms with Crippen molar-refractivity contribution in [2.45, 2.75) is 13.0 Å². The average molecular weight is 315 g/mol. The van der Waals surface area contributed by atoms with Gasteiger partial charge in [-0.15, -0.1) is 11.8 Å². The lowest BCUT2D eigenvalue weighted by molar-refractivity contribution is 0.993. The number of benzene rings is 2. The molecule has 0 fully saturated rings. The molecule has 2 aromatic rings. The largest absolute Gasteiger partial charge is 0.274 e. The Hall–Kier alpha value is -1.58. The number of aliphatic imine (C=N–C) groups is 2. The summed E-state index contributed by atoms with van der Waals surface area (Å²) in [5.41, 5.74) is 3.96. The average Bonchev–Trinajstić information content (AvgIpc) is 2.65. The van der Waals surface area contributed by atoms with Gasteiger partial charge in [-0.2, -0.15) is 0 Å². The number of hydrogen-bond acceptors (Lipinski definition) is 3. The van der Waals surface area contributed by atoms with Crippen molar-refractivity contribution in [2.75, 3.05) is 6.26 Å². The van der Waals surface area contributed by atoms with Crippen LogP contribution in [0, 0.1) is 0 Å². The van der Waals surface area contributed by atoms with E-state index in [1.807, 2.05) is 42.7 Å². The van der Waals surface area contributed by atoms with Gasteiger partial charge in [0.05, 0.1) is 22.5 Å². The first-order valence-electron chi connectivity index (χ1n) is 6.75. The molecule has 0 spiro atoms. The van der Waals surface area contributed by atoms with Gasteiger partial charge in [0.25, 0.3) is 0 Å². The predicted octanol–water partition coefficient (Wildman–Crippen LogP) is 4.97. The minimum absolute atomic E-state index is 0.0429. The van der Waals surface area contributed by atoms with Crippen molar-refractivity contribution in [3.8, 4) is 0 Å². The highest BCUT2D eigenvalue weighted by atomic mass is 35.5. The lowest BCUT2D eigenvalue weighted by Crippen LogP contribution is -2.12. The third-order valence-electron chi connectivity index (χ3n) is 3.38. The topological polar surface area (TPSA) is 24.7 Å². The zero-order chi connectivity index (χ0) is 14.8. The highest BCUT2D eigenvalue weighted by Crippen LogP contribution is 2.31. The van der Waals surface area contributed by atoms with E-state index >= 15 is 0 Å². The van der Waals surface area contributed by atoms with Gasteiger partial charge in [0.1, 0.15) is 0 Å². The van der Waals surface area contributed by atoms with Gasteiger partial charge in [0.2, 0.25) is 0 Å². The van der Waals surface area contributed by atoms with Crippen LogP contribution in [0.4, 0.5) is 5.69 Å². The van der Waals surface area contributed by atoms with E-state index in [4.69, 9.17) is 21.6 Å². The maximum Gasteiger partial charge on any atom is 0.0979 e. The van der Waals surface area contributed by atoms with Crippen molar-refractivity contribution in [1.29, 1.82) is 0 Å². The van der Waals surface area contributed by atoms with Gasteiger partial charge in [0, 0.05) is 16.1 Å². The molecule has 1 unspecified atom stereocenters. The van der Waals surface area contributed by atoms with Crippen molar-refractivity contribution in [3.63, 3.8) is 0 Å². The van der Waals surface area contributed by atoms with Crippen molar-refractivity contribution >= 4 is 39.8 Å². The Morgan fingerprint density at radius 3 is 2.57 bits per heavy atom. The number of nitrogens with zero attached hydrogens (tertiary/aromatic N) is 2. The van der Waals surface area contributed by atoms with Gasteiger partial charge in [0.15, 0.2) is 0 Å². The van der Waals surface area contributed by atoms with Crippen LogP contribution in [0.5, 0.6) is 0 Å². The zero-order valence-electron chi connectivity index (χ0n) is 11.9. The SMILES string of the molecule is CSC1=Nc2ccc(Cl)cc2C(c2ccccc2)=NC1C. The maximum absolute atomic E-state index is 6.18. The molecule has 0 N–H and O–H groups in total. The molecule has 0 amide bonds. The molecule has 0 aliphatic carbocycles. The summed E-state index contributed by atoms with van der Waals surface area (Å²) in [5, 5.41) is 1.72. The van der Waals surface area contributed by atoms with E-state index in [1.165, 1.54) is 0 Å². The van der Waals surface area contributed by atoms with Gasteiger partial charge in [-0.05, 0) is 31.4 Å². The van der Waals surface area contributed by atoms with Crippen LogP contribution >= 0.6 is 23.4 Å². The lowest BCUT2D eigenvalue weighted by Gasteiger charge is -2.10. The molecule has 1 atom stereocenters. The number of halogens is 1. The maximum atomic E-state index is 6.18. The molecule has 1 heterocycles. The summed E-state index contributed by atoms with van der Waals surface area (Å²) in [6, 6.07) is 16.0. The first-order chi connectivity index (χ1) is 10.2. The van der Waals surface area contributed by atoms with Crippen LogP contribution in [0.2, 0.25) is 5.02 Å². The second-order valence-corrected chi connectivity index (χ2v) is 6.10. The van der Waals surface area contributed by atoms with E-state index < -0.39 is 0 Å². The number of hydrogen-bond donors (Lipinski definition) is 0. The molecule has 1 aliphatic rings. The third kappa shape index (κ3) is 2.89. The van der Waals surface area contributed by atoms with E-state index in [0.717, 1.165) is 27.6 Å². The molecule has 0 bridgehead atoms. The van der Waals surface area contributed by atoms with Crippen molar-refractivity contribution < 1.29 is 0 Å². The van der Waals surface area contributed by atoms with E-state index in [-0.39, 0.29) is 6.04 Å². The second-order valence-electron chi connectivity index (χ2n) is 4.84. The van der Waals surface area contributed by atoms with Crippen molar-refractivity contribution in [1.82, 2.24) is 0 Å². The molecule has 106 valence electrons. The first kappa shape index (κ1) is 14.4. The molecule has 21 heavy (non-hydrogen) atoms. The van der Waals surface area contributed by atoms with Crippen LogP contribution in [0.15, 0.2) is 58.5 Å². The summed E-state index contributed by atoms with van der Waals surface area (Å²) >= 11 is 7.82. The molecule has 2 aromatic carbocycles. The monoisotopic (exact) mass is 314 g/mol. The fourth-order valence-corrected chi connectivity index (χ4v) is 3.12. The summed E-state index contributed by atoms with van der Waals surface area (Å²) in [5.74, 6) is 0. The minimum Gasteiger partial charge on any atom is -0.274 e. The highest BCUT2D eigenvalue weighted by molar-refractivity contribution is 8.13.